The first-order valence-electron chi connectivity index (χ1n) is 4.60. The molecule has 14 heavy (non-hydrogen) atoms. The molecule has 0 aliphatic carbocycles. The second-order valence-electron chi connectivity index (χ2n) is 3.26. The van der Waals surface area contributed by atoms with Gasteiger partial charge in [0, 0.05) is 32.2 Å². The zero-order chi connectivity index (χ0) is 9.97. The number of furan rings is 1. The number of carbonyl (C=O) groups excluding carboxylic acids is 1. The molecule has 1 fully saturated rings. The van der Waals surface area contributed by atoms with Gasteiger partial charge in [-0.05, 0) is 6.07 Å². The number of carbonyl (C=O) groups is 1. The molecule has 0 atom stereocenters. The average molecular weight is 195 g/mol. The fourth-order valence-corrected chi connectivity index (χ4v) is 1.60. The summed E-state index contributed by atoms with van der Waals surface area (Å²) in [5, 5.41) is 0. The van der Waals surface area contributed by atoms with Gasteiger partial charge in [-0.25, -0.2) is 4.79 Å². The Labute approximate surface area is 82.1 Å². The van der Waals surface area contributed by atoms with Crippen LogP contribution in [0.5, 0.6) is 0 Å². The van der Waals surface area contributed by atoms with E-state index in [0.717, 1.165) is 19.0 Å². The minimum Gasteiger partial charge on any atom is -0.449 e. The number of rotatable bonds is 1. The lowest BCUT2D eigenvalue weighted by atomic mass is 10.3. The van der Waals surface area contributed by atoms with Crippen LogP contribution in [0.15, 0.2) is 22.8 Å². The molecule has 2 heterocycles. The van der Waals surface area contributed by atoms with Gasteiger partial charge in [-0.2, -0.15) is 0 Å². The lowest BCUT2D eigenvalue weighted by Gasteiger charge is -2.33. The van der Waals surface area contributed by atoms with E-state index in [1.807, 2.05) is 12.1 Å². The smallest absolute Gasteiger partial charge is 0.314 e. The van der Waals surface area contributed by atoms with Gasteiger partial charge in [-0.15, -0.1) is 0 Å². The zero-order valence-corrected chi connectivity index (χ0v) is 7.85. The molecule has 2 rings (SSSR count). The molecular weight excluding hydrogens is 182 g/mol. The average Bonchev–Trinajstić information content (AvgIpc) is 2.71. The van der Waals surface area contributed by atoms with Gasteiger partial charge in [-0.1, -0.05) is 0 Å². The SMILES string of the molecule is NC(=O)N1CCN(c2ccco2)CC1. The standard InChI is InChI=1S/C9H13N3O2/c10-9(13)12-5-3-11(4-6-12)8-2-1-7-14-8/h1-2,7H,3-6H2,(H2,10,13). The molecule has 0 saturated carbocycles. The lowest BCUT2D eigenvalue weighted by molar-refractivity contribution is 0.203. The molecule has 1 aliphatic rings. The number of urea groups is 1. The van der Waals surface area contributed by atoms with E-state index in [-0.39, 0.29) is 6.03 Å². The van der Waals surface area contributed by atoms with Crippen LogP contribution in [0.1, 0.15) is 0 Å². The van der Waals surface area contributed by atoms with Crippen molar-refractivity contribution in [1.29, 1.82) is 0 Å². The summed E-state index contributed by atoms with van der Waals surface area (Å²) in [7, 11) is 0. The summed E-state index contributed by atoms with van der Waals surface area (Å²) in [5.41, 5.74) is 5.18. The van der Waals surface area contributed by atoms with Crippen molar-refractivity contribution in [3.63, 3.8) is 0 Å². The third-order valence-electron chi connectivity index (χ3n) is 2.41. The van der Waals surface area contributed by atoms with Crippen LogP contribution in [0.3, 0.4) is 0 Å². The maximum Gasteiger partial charge on any atom is 0.314 e. The lowest BCUT2D eigenvalue weighted by Crippen LogP contribution is -2.50. The summed E-state index contributed by atoms with van der Waals surface area (Å²) >= 11 is 0. The van der Waals surface area contributed by atoms with E-state index in [0.29, 0.717) is 13.1 Å². The first kappa shape index (κ1) is 8.93. The number of anilines is 1. The Kier molecular flexibility index (Phi) is 2.30. The van der Waals surface area contributed by atoms with Crippen LogP contribution in [0.4, 0.5) is 10.7 Å². The summed E-state index contributed by atoms with van der Waals surface area (Å²) in [5.74, 6) is 0.856. The van der Waals surface area contributed by atoms with E-state index in [1.165, 1.54) is 0 Å². The molecule has 1 aromatic heterocycles. The summed E-state index contributed by atoms with van der Waals surface area (Å²) in [6.07, 6.45) is 1.65. The molecule has 0 unspecified atom stereocenters. The van der Waals surface area contributed by atoms with E-state index in [9.17, 15) is 4.79 Å². The van der Waals surface area contributed by atoms with Crippen LogP contribution in [0.2, 0.25) is 0 Å². The molecule has 76 valence electrons. The Bertz CT molecular complexity index is 302. The second kappa shape index (κ2) is 3.61. The first-order valence-corrected chi connectivity index (χ1v) is 4.60. The molecule has 1 aromatic rings. The second-order valence-corrected chi connectivity index (χ2v) is 3.26. The topological polar surface area (TPSA) is 62.7 Å². The van der Waals surface area contributed by atoms with Crippen molar-refractivity contribution in [2.75, 3.05) is 31.1 Å². The third-order valence-corrected chi connectivity index (χ3v) is 2.41. The Morgan fingerprint density at radius 3 is 2.57 bits per heavy atom. The number of piperazine rings is 1. The normalized spacial score (nSPS) is 17.1. The van der Waals surface area contributed by atoms with Crippen molar-refractivity contribution in [1.82, 2.24) is 4.90 Å². The van der Waals surface area contributed by atoms with Crippen molar-refractivity contribution < 1.29 is 9.21 Å². The highest BCUT2D eigenvalue weighted by Gasteiger charge is 2.20. The molecule has 5 heteroatoms. The van der Waals surface area contributed by atoms with Gasteiger partial charge < -0.3 is 20.0 Å². The maximum atomic E-state index is 10.9. The highest BCUT2D eigenvalue weighted by Crippen LogP contribution is 2.16. The van der Waals surface area contributed by atoms with Gasteiger partial charge in [0.15, 0.2) is 5.88 Å². The molecule has 0 bridgehead atoms. The van der Waals surface area contributed by atoms with Crippen LogP contribution in [-0.4, -0.2) is 37.1 Å². The van der Waals surface area contributed by atoms with Crippen molar-refractivity contribution in [2.24, 2.45) is 5.73 Å². The monoisotopic (exact) mass is 195 g/mol. The zero-order valence-electron chi connectivity index (χ0n) is 7.85. The molecule has 5 nitrogen and oxygen atoms in total. The van der Waals surface area contributed by atoms with Crippen LogP contribution in [0.25, 0.3) is 0 Å². The van der Waals surface area contributed by atoms with Gasteiger partial charge in [0.1, 0.15) is 0 Å². The predicted molar refractivity (Wildman–Crippen MR) is 52.1 cm³/mol. The number of amides is 2. The molecule has 2 amide bonds. The molecule has 1 saturated heterocycles. The molecule has 0 spiro atoms. The molecule has 0 aromatic carbocycles. The fourth-order valence-electron chi connectivity index (χ4n) is 1.60. The highest BCUT2D eigenvalue weighted by molar-refractivity contribution is 5.72. The van der Waals surface area contributed by atoms with Crippen molar-refractivity contribution in [3.8, 4) is 0 Å². The highest BCUT2D eigenvalue weighted by atomic mass is 16.3. The van der Waals surface area contributed by atoms with E-state index < -0.39 is 0 Å². The number of nitrogens with zero attached hydrogens (tertiary/aromatic N) is 2. The Morgan fingerprint density at radius 1 is 1.36 bits per heavy atom. The van der Waals surface area contributed by atoms with E-state index in [2.05, 4.69) is 4.90 Å². The summed E-state index contributed by atoms with van der Waals surface area (Å²) in [6, 6.07) is 3.43. The molecule has 2 N–H and O–H groups in total. The molecular formula is C9H13N3O2. The van der Waals surface area contributed by atoms with E-state index in [4.69, 9.17) is 10.2 Å². The number of hydrogen-bond acceptors (Lipinski definition) is 3. The van der Waals surface area contributed by atoms with Crippen LogP contribution in [-0.2, 0) is 0 Å². The summed E-state index contributed by atoms with van der Waals surface area (Å²) < 4.78 is 5.26. The van der Waals surface area contributed by atoms with Crippen LogP contribution < -0.4 is 10.6 Å². The summed E-state index contributed by atoms with van der Waals surface area (Å²) in [6.45, 7) is 2.87. The van der Waals surface area contributed by atoms with E-state index >= 15 is 0 Å². The summed E-state index contributed by atoms with van der Waals surface area (Å²) in [4.78, 5) is 14.6. The van der Waals surface area contributed by atoms with Crippen molar-refractivity contribution >= 4 is 11.9 Å². The Balaban J connectivity index is 1.93. The van der Waals surface area contributed by atoms with Gasteiger partial charge in [0.05, 0.1) is 6.26 Å². The van der Waals surface area contributed by atoms with Gasteiger partial charge in [0.2, 0.25) is 0 Å². The van der Waals surface area contributed by atoms with Crippen LogP contribution >= 0.6 is 0 Å². The van der Waals surface area contributed by atoms with Crippen LogP contribution in [0, 0.1) is 0 Å². The minimum absolute atomic E-state index is 0.343. The van der Waals surface area contributed by atoms with E-state index in [1.54, 1.807) is 11.2 Å². The Hall–Kier alpha value is -1.65. The van der Waals surface area contributed by atoms with Gasteiger partial charge in [-0.3, -0.25) is 0 Å². The van der Waals surface area contributed by atoms with Crippen molar-refractivity contribution in [3.05, 3.63) is 18.4 Å². The molecule has 1 aliphatic heterocycles. The first-order chi connectivity index (χ1) is 6.77. The number of primary amides is 1. The van der Waals surface area contributed by atoms with Gasteiger partial charge >= 0.3 is 6.03 Å². The van der Waals surface area contributed by atoms with Crippen molar-refractivity contribution in [2.45, 2.75) is 0 Å². The third kappa shape index (κ3) is 1.66. The number of hydrogen-bond donors (Lipinski definition) is 1. The predicted octanol–water partition coefficient (Wildman–Crippen LogP) is 0.480. The minimum atomic E-state index is -0.343. The number of nitrogens with two attached hydrogens (primary N) is 1. The Morgan fingerprint density at radius 2 is 2.07 bits per heavy atom. The molecule has 0 radical (unpaired) electrons. The largest absolute Gasteiger partial charge is 0.449 e. The maximum absolute atomic E-state index is 10.9. The van der Waals surface area contributed by atoms with Gasteiger partial charge in [0.25, 0.3) is 0 Å². The fraction of sp³-hybridized carbons (Fsp3) is 0.444. The quantitative estimate of drug-likeness (QED) is 0.709.